The fourth-order valence-corrected chi connectivity index (χ4v) is 8.57. The van der Waals surface area contributed by atoms with Gasteiger partial charge in [0.15, 0.2) is 0 Å². The van der Waals surface area contributed by atoms with E-state index in [4.69, 9.17) is 0 Å². The SMILES string of the molecule is CCCCCCC/C=C\C/C=C\CCCCCCCCCCCCCCCCCCCCCC(=O)NC(CO)C(O)CCCCCCCCCCCCCCCCCC. The lowest BCUT2D eigenvalue weighted by Gasteiger charge is -2.22. The van der Waals surface area contributed by atoms with Gasteiger partial charge in [-0.25, -0.2) is 0 Å². The smallest absolute Gasteiger partial charge is 0.220 e. The molecule has 4 heteroatoms. The van der Waals surface area contributed by atoms with Gasteiger partial charge < -0.3 is 15.5 Å². The molecule has 0 radical (unpaired) electrons. The van der Waals surface area contributed by atoms with Crippen molar-refractivity contribution >= 4 is 5.91 Å². The summed E-state index contributed by atoms with van der Waals surface area (Å²) in [5.74, 6) is -0.0259. The van der Waals surface area contributed by atoms with Crippen molar-refractivity contribution in [3.63, 3.8) is 0 Å². The molecule has 350 valence electrons. The van der Waals surface area contributed by atoms with E-state index in [-0.39, 0.29) is 12.5 Å². The molecule has 0 heterocycles. The molecule has 4 nitrogen and oxygen atoms in total. The minimum absolute atomic E-state index is 0.0259. The topological polar surface area (TPSA) is 69.6 Å². The maximum Gasteiger partial charge on any atom is 0.220 e. The summed E-state index contributed by atoms with van der Waals surface area (Å²) in [6.07, 6.45) is 67.3. The molecule has 0 spiro atoms. The third-order valence-electron chi connectivity index (χ3n) is 12.7. The largest absolute Gasteiger partial charge is 0.394 e. The molecule has 0 saturated heterocycles. The number of carbonyl (C=O) groups is 1. The first-order valence-corrected chi connectivity index (χ1v) is 27.0. The molecule has 0 aromatic heterocycles. The number of aliphatic hydroxyl groups excluding tert-OH is 2. The van der Waals surface area contributed by atoms with Crippen molar-refractivity contribution in [1.82, 2.24) is 5.32 Å². The Bertz CT molecular complexity index is 855. The van der Waals surface area contributed by atoms with Crippen LogP contribution in [0, 0.1) is 0 Å². The second kappa shape index (κ2) is 51.2. The van der Waals surface area contributed by atoms with Crippen LogP contribution in [0.3, 0.4) is 0 Å². The predicted molar refractivity (Wildman–Crippen MR) is 262 cm³/mol. The van der Waals surface area contributed by atoms with Crippen LogP contribution in [0.25, 0.3) is 0 Å². The van der Waals surface area contributed by atoms with Crippen molar-refractivity contribution in [2.24, 2.45) is 0 Å². The number of hydrogen-bond donors (Lipinski definition) is 3. The van der Waals surface area contributed by atoms with E-state index in [0.717, 1.165) is 32.1 Å². The molecule has 3 N–H and O–H groups in total. The van der Waals surface area contributed by atoms with Crippen molar-refractivity contribution in [3.05, 3.63) is 24.3 Å². The van der Waals surface area contributed by atoms with Crippen LogP contribution in [-0.2, 0) is 4.79 Å². The summed E-state index contributed by atoms with van der Waals surface area (Å²) in [6, 6.07) is -0.533. The van der Waals surface area contributed by atoms with Gasteiger partial charge in [-0.1, -0.05) is 276 Å². The average Bonchev–Trinajstić information content (AvgIpc) is 3.24. The number of allylic oxidation sites excluding steroid dienone is 4. The maximum atomic E-state index is 12.5. The molecular weight excluding hydrogens is 723 g/mol. The molecular formula is C55H107NO3. The molecule has 0 aliphatic rings. The molecule has 0 fully saturated rings. The van der Waals surface area contributed by atoms with Gasteiger partial charge in [-0.05, 0) is 44.9 Å². The number of hydrogen-bond acceptors (Lipinski definition) is 3. The molecule has 0 saturated carbocycles. The molecule has 0 aliphatic carbocycles. The van der Waals surface area contributed by atoms with Gasteiger partial charge in [-0.15, -0.1) is 0 Å². The van der Waals surface area contributed by atoms with Crippen LogP contribution in [0.2, 0.25) is 0 Å². The third kappa shape index (κ3) is 47.8. The normalized spacial score (nSPS) is 12.9. The van der Waals surface area contributed by atoms with E-state index in [1.807, 2.05) is 0 Å². The number of nitrogens with one attached hydrogen (secondary N) is 1. The van der Waals surface area contributed by atoms with Crippen LogP contribution < -0.4 is 5.32 Å². The summed E-state index contributed by atoms with van der Waals surface area (Å²) >= 11 is 0. The highest BCUT2D eigenvalue weighted by atomic mass is 16.3. The van der Waals surface area contributed by atoms with Crippen molar-refractivity contribution in [1.29, 1.82) is 0 Å². The predicted octanol–water partition coefficient (Wildman–Crippen LogP) is 17.5. The highest BCUT2D eigenvalue weighted by molar-refractivity contribution is 5.76. The van der Waals surface area contributed by atoms with E-state index in [2.05, 4.69) is 43.5 Å². The van der Waals surface area contributed by atoms with Gasteiger partial charge in [0.1, 0.15) is 0 Å². The molecule has 59 heavy (non-hydrogen) atoms. The zero-order valence-electron chi connectivity index (χ0n) is 40.3. The zero-order chi connectivity index (χ0) is 42.8. The standard InChI is InChI=1S/C55H107NO3/c1-3-5-7-9-11-13-15-17-19-21-22-23-24-25-26-27-28-29-30-31-32-33-34-35-37-39-41-43-45-47-49-51-55(59)56-53(52-57)54(58)50-48-46-44-42-40-38-36-20-18-16-14-12-10-8-6-4-2/h15,17,21-22,53-54,57-58H,3-14,16,18-20,23-52H2,1-2H3,(H,56,59)/b17-15-,22-21-. The molecule has 0 bridgehead atoms. The van der Waals surface area contributed by atoms with Gasteiger partial charge in [-0.3, -0.25) is 4.79 Å². The summed E-state index contributed by atoms with van der Waals surface area (Å²) in [5.41, 5.74) is 0. The average molecular weight is 830 g/mol. The Hall–Kier alpha value is -1.13. The lowest BCUT2D eigenvalue weighted by atomic mass is 10.0. The van der Waals surface area contributed by atoms with Crippen molar-refractivity contribution in [2.75, 3.05) is 6.61 Å². The molecule has 1 amide bonds. The second-order valence-corrected chi connectivity index (χ2v) is 18.7. The van der Waals surface area contributed by atoms with E-state index in [1.165, 1.54) is 244 Å². The van der Waals surface area contributed by atoms with E-state index in [0.29, 0.717) is 12.8 Å². The summed E-state index contributed by atoms with van der Waals surface area (Å²) in [4.78, 5) is 12.5. The number of carbonyl (C=O) groups excluding carboxylic acids is 1. The number of rotatable bonds is 50. The molecule has 0 aliphatic heterocycles. The van der Waals surface area contributed by atoms with Crippen LogP contribution >= 0.6 is 0 Å². The quantitative estimate of drug-likeness (QED) is 0.0422. The van der Waals surface area contributed by atoms with Gasteiger partial charge in [0.2, 0.25) is 5.91 Å². The Balaban J connectivity index is 3.41. The fraction of sp³-hybridized carbons (Fsp3) is 0.909. The molecule has 2 unspecified atom stereocenters. The minimum Gasteiger partial charge on any atom is -0.394 e. The van der Waals surface area contributed by atoms with Crippen LogP contribution in [0.4, 0.5) is 0 Å². The highest BCUT2D eigenvalue weighted by Gasteiger charge is 2.20. The molecule has 0 aromatic carbocycles. The number of aliphatic hydroxyl groups is 2. The van der Waals surface area contributed by atoms with Gasteiger partial charge in [-0.2, -0.15) is 0 Å². The minimum atomic E-state index is -0.656. The summed E-state index contributed by atoms with van der Waals surface area (Å²) in [6.45, 7) is 4.37. The van der Waals surface area contributed by atoms with Crippen LogP contribution in [0.15, 0.2) is 24.3 Å². The number of amides is 1. The van der Waals surface area contributed by atoms with Crippen molar-refractivity contribution < 1.29 is 15.0 Å². The van der Waals surface area contributed by atoms with Gasteiger partial charge in [0.25, 0.3) is 0 Å². The monoisotopic (exact) mass is 830 g/mol. The summed E-state index contributed by atoms with van der Waals surface area (Å²) in [5, 5.41) is 23.3. The van der Waals surface area contributed by atoms with Gasteiger partial charge >= 0.3 is 0 Å². The van der Waals surface area contributed by atoms with E-state index >= 15 is 0 Å². The summed E-state index contributed by atoms with van der Waals surface area (Å²) in [7, 11) is 0. The summed E-state index contributed by atoms with van der Waals surface area (Å²) < 4.78 is 0. The first-order chi connectivity index (χ1) is 29.2. The number of unbranched alkanes of at least 4 members (excludes halogenated alkanes) is 39. The third-order valence-corrected chi connectivity index (χ3v) is 12.7. The lowest BCUT2D eigenvalue weighted by Crippen LogP contribution is -2.45. The second-order valence-electron chi connectivity index (χ2n) is 18.7. The molecule has 0 rings (SSSR count). The van der Waals surface area contributed by atoms with E-state index in [1.54, 1.807) is 0 Å². The lowest BCUT2D eigenvalue weighted by molar-refractivity contribution is -0.123. The van der Waals surface area contributed by atoms with E-state index in [9.17, 15) is 15.0 Å². The first-order valence-electron chi connectivity index (χ1n) is 27.0. The fourth-order valence-electron chi connectivity index (χ4n) is 8.57. The Morgan fingerprint density at radius 3 is 1.02 bits per heavy atom. The van der Waals surface area contributed by atoms with Crippen LogP contribution in [0.1, 0.15) is 303 Å². The van der Waals surface area contributed by atoms with E-state index < -0.39 is 12.1 Å². The van der Waals surface area contributed by atoms with Crippen molar-refractivity contribution in [3.8, 4) is 0 Å². The van der Waals surface area contributed by atoms with Gasteiger partial charge in [0.05, 0.1) is 18.8 Å². The van der Waals surface area contributed by atoms with Crippen molar-refractivity contribution in [2.45, 2.75) is 315 Å². The van der Waals surface area contributed by atoms with Crippen LogP contribution in [-0.4, -0.2) is 34.9 Å². The molecule has 0 aromatic rings. The Kier molecular flexibility index (Phi) is 50.2. The maximum absolute atomic E-state index is 12.5. The Labute approximate surface area is 370 Å². The Morgan fingerprint density at radius 1 is 0.407 bits per heavy atom. The van der Waals surface area contributed by atoms with Crippen LogP contribution in [0.5, 0.6) is 0 Å². The highest BCUT2D eigenvalue weighted by Crippen LogP contribution is 2.17. The Morgan fingerprint density at radius 2 is 0.695 bits per heavy atom. The first kappa shape index (κ1) is 57.9. The molecule has 2 atom stereocenters. The van der Waals surface area contributed by atoms with Gasteiger partial charge in [0, 0.05) is 6.42 Å². The zero-order valence-corrected chi connectivity index (χ0v) is 40.3.